The van der Waals surface area contributed by atoms with E-state index in [1.54, 1.807) is 0 Å². The van der Waals surface area contributed by atoms with E-state index in [-0.39, 0.29) is 66.5 Å². The fraction of sp³-hybridized carbons (Fsp3) is 0.833. The molecule has 0 radical (unpaired) electrons. The summed E-state index contributed by atoms with van der Waals surface area (Å²) < 4.78 is 0. The Morgan fingerprint density at radius 2 is 1.53 bits per heavy atom. The number of aliphatic hydroxyl groups is 5. The summed E-state index contributed by atoms with van der Waals surface area (Å²) in [5, 5.41) is 51.8. The maximum Gasteiger partial charge on any atom is 2.00 e. The quantitative estimate of drug-likeness (QED) is 0.280. The van der Waals surface area contributed by atoms with Crippen LogP contribution < -0.4 is 0 Å². The first-order chi connectivity index (χ1) is 5.91. The maximum absolute atomic E-state index is 10.1. The molecule has 0 aliphatic carbocycles. The van der Waals surface area contributed by atoms with Crippen molar-refractivity contribution in [2.45, 2.75) is 24.4 Å². The van der Waals surface area contributed by atoms with Gasteiger partial charge in [-0.1, -0.05) is 0 Å². The minimum absolute atomic E-state index is 0. The fourth-order valence-corrected chi connectivity index (χ4v) is 0.668. The predicted octanol–water partition coefficient (Wildman–Crippen LogP) is -3.80. The standard InChI is InChI=1S/C6H12O7.Ca.Mg.4H/c7-1-2(8)3(9)4(10)5(11)6(12)13;;;;;;/h2-5,7-11H,1H2,(H,12,13);;;;;;/q;2*+2;4*-1/t2-,3-,4+,5-;;;;;;/m1....../s1. The van der Waals surface area contributed by atoms with Crippen LogP contribution in [0.15, 0.2) is 0 Å². The predicted molar refractivity (Wildman–Crippen MR) is 54.7 cm³/mol. The van der Waals surface area contributed by atoms with Crippen LogP contribution in [0.1, 0.15) is 5.71 Å². The molecule has 0 amide bonds. The van der Waals surface area contributed by atoms with Crippen LogP contribution in [-0.4, -0.2) is 128 Å². The van der Waals surface area contributed by atoms with E-state index >= 15 is 0 Å². The molecule has 4 atom stereocenters. The number of aliphatic hydroxyl groups excluding tert-OH is 5. The molecule has 0 heterocycles. The number of hydrogen-bond donors (Lipinski definition) is 6. The normalized spacial score (nSPS) is 17.7. The van der Waals surface area contributed by atoms with E-state index in [9.17, 15) is 4.79 Å². The number of carboxylic acid groups (broad SMARTS) is 1. The molecular formula is C6H16CaMgO7. The molecular weight excluding hydrogens is 248 g/mol. The first-order valence-corrected chi connectivity index (χ1v) is 3.47. The molecule has 0 fully saturated rings. The Bertz CT molecular complexity index is 195. The molecule has 0 saturated heterocycles. The van der Waals surface area contributed by atoms with E-state index in [2.05, 4.69) is 0 Å². The number of aliphatic carboxylic acids is 1. The van der Waals surface area contributed by atoms with Crippen molar-refractivity contribution < 1.29 is 41.1 Å². The first kappa shape index (κ1) is 21.6. The second-order valence-electron chi connectivity index (χ2n) is 2.51. The summed E-state index contributed by atoms with van der Waals surface area (Å²) in [6.07, 6.45) is -7.84. The SMILES string of the molecule is O=C(O)[C@H](O)[C@@H](O)[C@H](O)[C@H](O)CO.[Ca+2].[H-].[H-].[H-].[H-].[Mg+2]. The van der Waals surface area contributed by atoms with Gasteiger partial charge in [-0.25, -0.2) is 4.79 Å². The van der Waals surface area contributed by atoms with Gasteiger partial charge in [-0.3, -0.25) is 0 Å². The number of hydrogen-bond acceptors (Lipinski definition) is 6. The fourth-order valence-electron chi connectivity index (χ4n) is 0.668. The molecule has 0 aromatic rings. The molecule has 9 heteroatoms. The molecule has 86 valence electrons. The monoisotopic (exact) mass is 264 g/mol. The van der Waals surface area contributed by atoms with Gasteiger partial charge in [-0.2, -0.15) is 0 Å². The number of carbonyl (C=O) groups is 1. The van der Waals surface area contributed by atoms with Crippen molar-refractivity contribution in [3.8, 4) is 0 Å². The molecule has 0 aromatic carbocycles. The Balaban J connectivity index is -0.0000000480. The van der Waals surface area contributed by atoms with Gasteiger partial charge < -0.3 is 36.3 Å². The van der Waals surface area contributed by atoms with E-state index in [1.165, 1.54) is 0 Å². The molecule has 0 aliphatic heterocycles. The first-order valence-electron chi connectivity index (χ1n) is 3.47. The topological polar surface area (TPSA) is 138 Å². The van der Waals surface area contributed by atoms with Crippen molar-refractivity contribution in [3.05, 3.63) is 0 Å². The summed E-state index contributed by atoms with van der Waals surface area (Å²) in [6.45, 7) is -0.843. The molecule has 0 aromatic heterocycles. The smallest absolute Gasteiger partial charge is 1.00 e. The third-order valence-electron chi connectivity index (χ3n) is 1.51. The molecule has 0 aliphatic rings. The van der Waals surface area contributed by atoms with Gasteiger partial charge in [0.15, 0.2) is 6.10 Å². The Kier molecular flexibility index (Phi) is 15.0. The molecule has 15 heavy (non-hydrogen) atoms. The summed E-state index contributed by atoms with van der Waals surface area (Å²) in [5.74, 6) is -1.73. The third kappa shape index (κ3) is 7.26. The molecule has 0 unspecified atom stereocenters. The summed E-state index contributed by atoms with van der Waals surface area (Å²) in [6, 6.07) is 0. The van der Waals surface area contributed by atoms with Crippen LogP contribution >= 0.6 is 0 Å². The third-order valence-corrected chi connectivity index (χ3v) is 1.51. The van der Waals surface area contributed by atoms with E-state index < -0.39 is 37.0 Å². The largest absolute Gasteiger partial charge is 2.00 e. The van der Waals surface area contributed by atoms with E-state index in [1.807, 2.05) is 0 Å². The van der Waals surface area contributed by atoms with Crippen molar-refractivity contribution in [1.29, 1.82) is 0 Å². The van der Waals surface area contributed by atoms with Gasteiger partial charge in [0.1, 0.15) is 18.3 Å². The minimum atomic E-state index is -2.20. The molecule has 0 spiro atoms. The average molecular weight is 265 g/mol. The van der Waals surface area contributed by atoms with Gasteiger partial charge in [-0.05, 0) is 0 Å². The van der Waals surface area contributed by atoms with Gasteiger partial charge in [0.2, 0.25) is 0 Å². The number of carboxylic acids is 1. The van der Waals surface area contributed by atoms with Crippen molar-refractivity contribution in [2.24, 2.45) is 0 Å². The van der Waals surface area contributed by atoms with E-state index in [0.29, 0.717) is 0 Å². The van der Waals surface area contributed by atoms with Gasteiger partial charge in [0.05, 0.1) is 6.61 Å². The van der Waals surface area contributed by atoms with Crippen molar-refractivity contribution in [2.75, 3.05) is 6.61 Å². The zero-order chi connectivity index (χ0) is 10.6. The van der Waals surface area contributed by atoms with E-state index in [4.69, 9.17) is 30.6 Å². The Hall–Kier alpha value is 1.30. The molecule has 0 rings (SSSR count). The van der Waals surface area contributed by atoms with Crippen molar-refractivity contribution >= 4 is 66.8 Å². The Morgan fingerprint density at radius 1 is 1.13 bits per heavy atom. The molecule has 7 nitrogen and oxygen atoms in total. The summed E-state index contributed by atoms with van der Waals surface area (Å²) in [4.78, 5) is 10.1. The minimum Gasteiger partial charge on any atom is -1.00 e. The second kappa shape index (κ2) is 10.4. The number of rotatable bonds is 5. The van der Waals surface area contributed by atoms with Crippen LogP contribution in [0.25, 0.3) is 0 Å². The van der Waals surface area contributed by atoms with Crippen molar-refractivity contribution in [3.63, 3.8) is 0 Å². The summed E-state index contributed by atoms with van der Waals surface area (Å²) in [7, 11) is 0. The van der Waals surface area contributed by atoms with Crippen LogP contribution in [0, 0.1) is 0 Å². The Morgan fingerprint density at radius 3 is 1.80 bits per heavy atom. The second-order valence-corrected chi connectivity index (χ2v) is 2.51. The Labute approximate surface area is 138 Å². The summed E-state index contributed by atoms with van der Waals surface area (Å²) in [5.41, 5.74) is 0. The van der Waals surface area contributed by atoms with Crippen LogP contribution in [0.4, 0.5) is 0 Å². The van der Waals surface area contributed by atoms with Gasteiger partial charge in [0, 0.05) is 0 Å². The molecule has 0 saturated carbocycles. The summed E-state index contributed by atoms with van der Waals surface area (Å²) >= 11 is 0. The molecule has 6 N–H and O–H groups in total. The average Bonchev–Trinajstić information content (AvgIpc) is 2.12. The van der Waals surface area contributed by atoms with Crippen LogP contribution in [0.3, 0.4) is 0 Å². The zero-order valence-electron chi connectivity index (χ0n) is 12.0. The zero-order valence-corrected chi connectivity index (χ0v) is 11.6. The van der Waals surface area contributed by atoms with Gasteiger partial charge >= 0.3 is 66.8 Å². The molecule has 0 bridgehead atoms. The van der Waals surface area contributed by atoms with Crippen LogP contribution in [0.2, 0.25) is 0 Å². The van der Waals surface area contributed by atoms with E-state index in [0.717, 1.165) is 0 Å². The van der Waals surface area contributed by atoms with Gasteiger partial charge in [-0.15, -0.1) is 0 Å². The van der Waals surface area contributed by atoms with Crippen LogP contribution in [-0.2, 0) is 4.79 Å². The van der Waals surface area contributed by atoms with Gasteiger partial charge in [0.25, 0.3) is 0 Å². The van der Waals surface area contributed by atoms with Crippen LogP contribution in [0.5, 0.6) is 0 Å². The maximum atomic E-state index is 10.1. The van der Waals surface area contributed by atoms with Crippen molar-refractivity contribution in [1.82, 2.24) is 0 Å².